The summed E-state index contributed by atoms with van der Waals surface area (Å²) >= 11 is 0. The van der Waals surface area contributed by atoms with Gasteiger partial charge in [0.1, 0.15) is 11.7 Å². The Balaban J connectivity index is 2.37. The molecule has 17 heavy (non-hydrogen) atoms. The van der Waals surface area contributed by atoms with Crippen molar-refractivity contribution in [2.45, 2.75) is 19.0 Å². The Morgan fingerprint density at radius 2 is 2.06 bits per heavy atom. The highest BCUT2D eigenvalue weighted by atomic mass is 19.4. The van der Waals surface area contributed by atoms with E-state index in [9.17, 15) is 18.0 Å². The highest BCUT2D eigenvalue weighted by molar-refractivity contribution is 6.00. The van der Waals surface area contributed by atoms with Crippen LogP contribution in [0.4, 0.5) is 13.2 Å². The summed E-state index contributed by atoms with van der Waals surface area (Å²) in [6.07, 6.45) is -4.38. The quantitative estimate of drug-likeness (QED) is 0.759. The average Bonchev–Trinajstić information content (AvgIpc) is 2.27. The van der Waals surface area contributed by atoms with Crippen LogP contribution in [0.3, 0.4) is 0 Å². The van der Waals surface area contributed by atoms with Crippen LogP contribution >= 0.6 is 0 Å². The topological polar surface area (TPSA) is 26.3 Å². The lowest BCUT2D eigenvalue weighted by Crippen LogP contribution is -2.34. The van der Waals surface area contributed by atoms with Crippen molar-refractivity contribution in [3.63, 3.8) is 0 Å². The second kappa shape index (κ2) is 4.05. The molecule has 0 heterocycles. The molecule has 92 valence electrons. The monoisotopic (exact) mass is 244 g/mol. The largest absolute Gasteiger partial charge is 0.497 e. The number of methoxy groups -OCH3 is 1. The van der Waals surface area contributed by atoms with Crippen molar-refractivity contribution in [3.05, 3.63) is 29.3 Å². The summed E-state index contributed by atoms with van der Waals surface area (Å²) < 4.78 is 42.7. The van der Waals surface area contributed by atoms with Crippen LogP contribution < -0.4 is 4.74 Å². The summed E-state index contributed by atoms with van der Waals surface area (Å²) in [6.45, 7) is 0. The zero-order valence-electron chi connectivity index (χ0n) is 9.17. The summed E-state index contributed by atoms with van der Waals surface area (Å²) in [7, 11) is 1.48. The maximum atomic E-state index is 12.6. The van der Waals surface area contributed by atoms with E-state index in [1.54, 1.807) is 6.07 Å². The molecule has 0 amide bonds. The zero-order valence-corrected chi connectivity index (χ0v) is 9.17. The van der Waals surface area contributed by atoms with Crippen LogP contribution in [0.5, 0.6) is 5.75 Å². The van der Waals surface area contributed by atoms with Gasteiger partial charge in [0.05, 0.1) is 7.11 Å². The van der Waals surface area contributed by atoms with Gasteiger partial charge in [-0.15, -0.1) is 0 Å². The van der Waals surface area contributed by atoms with Gasteiger partial charge < -0.3 is 4.74 Å². The fourth-order valence-corrected chi connectivity index (χ4v) is 2.08. The van der Waals surface area contributed by atoms with Crippen LogP contribution in [-0.2, 0) is 6.42 Å². The molecule has 0 radical (unpaired) electrons. The molecule has 1 aromatic carbocycles. The Hall–Kier alpha value is -1.52. The van der Waals surface area contributed by atoms with Gasteiger partial charge in [0.25, 0.3) is 0 Å². The molecule has 1 aliphatic carbocycles. The van der Waals surface area contributed by atoms with Gasteiger partial charge in [-0.1, -0.05) is 0 Å². The van der Waals surface area contributed by atoms with Crippen LogP contribution in [-0.4, -0.2) is 19.1 Å². The van der Waals surface area contributed by atoms with Gasteiger partial charge in [0.2, 0.25) is 0 Å². The van der Waals surface area contributed by atoms with Crippen molar-refractivity contribution < 1.29 is 22.7 Å². The predicted molar refractivity (Wildman–Crippen MR) is 55.2 cm³/mol. The number of carbonyl (C=O) groups is 1. The van der Waals surface area contributed by atoms with E-state index >= 15 is 0 Å². The third kappa shape index (κ3) is 2.14. The van der Waals surface area contributed by atoms with Gasteiger partial charge in [-0.2, -0.15) is 13.2 Å². The molecule has 5 heteroatoms. The minimum Gasteiger partial charge on any atom is -0.497 e. The van der Waals surface area contributed by atoms with Crippen LogP contribution in [0.25, 0.3) is 0 Å². The van der Waals surface area contributed by atoms with Crippen molar-refractivity contribution in [2.24, 2.45) is 5.92 Å². The van der Waals surface area contributed by atoms with Crippen molar-refractivity contribution in [2.75, 3.05) is 7.11 Å². The van der Waals surface area contributed by atoms with E-state index in [0.29, 0.717) is 11.3 Å². The summed E-state index contributed by atoms with van der Waals surface area (Å²) in [5.41, 5.74) is 0.800. The second-order valence-electron chi connectivity index (χ2n) is 4.02. The fourth-order valence-electron chi connectivity index (χ4n) is 2.08. The fraction of sp³-hybridized carbons (Fsp3) is 0.417. The Morgan fingerprint density at radius 3 is 2.65 bits per heavy atom. The van der Waals surface area contributed by atoms with Crippen molar-refractivity contribution >= 4 is 5.78 Å². The highest BCUT2D eigenvalue weighted by Crippen LogP contribution is 2.37. The van der Waals surface area contributed by atoms with Crippen LogP contribution in [0.15, 0.2) is 18.2 Å². The standard InChI is InChI=1S/C12H11F3O2/c1-17-8-3-4-9-7(6-8)2-5-10(11(9)16)12(13,14)15/h3-4,6,10H,2,5H2,1H3. The number of ketones is 1. The molecular weight excluding hydrogens is 233 g/mol. The van der Waals surface area contributed by atoms with E-state index in [4.69, 9.17) is 4.74 Å². The summed E-state index contributed by atoms with van der Waals surface area (Å²) in [5.74, 6) is -2.13. The molecule has 1 atom stereocenters. The predicted octanol–water partition coefficient (Wildman–Crippen LogP) is 3.00. The maximum Gasteiger partial charge on any atom is 0.398 e. The molecule has 2 rings (SSSR count). The molecule has 0 spiro atoms. The average molecular weight is 244 g/mol. The minimum atomic E-state index is -4.45. The molecule has 0 fully saturated rings. The summed E-state index contributed by atoms with van der Waals surface area (Å²) in [4.78, 5) is 11.7. The van der Waals surface area contributed by atoms with Crippen molar-refractivity contribution in [1.82, 2.24) is 0 Å². The number of aryl methyl sites for hydroxylation is 1. The lowest BCUT2D eigenvalue weighted by Gasteiger charge is -2.25. The van der Waals surface area contributed by atoms with Crippen LogP contribution in [0, 0.1) is 5.92 Å². The number of hydrogen-bond acceptors (Lipinski definition) is 2. The molecule has 0 saturated carbocycles. The number of fused-ring (bicyclic) bond motifs is 1. The van der Waals surface area contributed by atoms with Crippen molar-refractivity contribution in [3.8, 4) is 5.75 Å². The summed E-state index contributed by atoms with van der Waals surface area (Å²) in [5, 5.41) is 0. The lowest BCUT2D eigenvalue weighted by molar-refractivity contribution is -0.162. The number of alkyl halides is 3. The van der Waals surface area contributed by atoms with Gasteiger partial charge in [0.15, 0.2) is 5.78 Å². The SMILES string of the molecule is COc1ccc2c(c1)CCC(C(F)(F)F)C2=O. The smallest absolute Gasteiger partial charge is 0.398 e. The van der Waals surface area contributed by atoms with Gasteiger partial charge in [-0.25, -0.2) is 0 Å². The van der Waals surface area contributed by atoms with Gasteiger partial charge in [-0.3, -0.25) is 4.79 Å². The van der Waals surface area contributed by atoms with Gasteiger partial charge in [-0.05, 0) is 36.6 Å². The normalized spacial score (nSPS) is 20.0. The van der Waals surface area contributed by atoms with E-state index < -0.39 is 17.9 Å². The number of carbonyl (C=O) groups excluding carboxylic acids is 1. The number of ether oxygens (including phenoxy) is 1. The molecule has 2 nitrogen and oxygen atoms in total. The molecule has 0 aliphatic heterocycles. The first kappa shape index (κ1) is 12.0. The van der Waals surface area contributed by atoms with E-state index in [0.717, 1.165) is 0 Å². The number of halogens is 3. The molecule has 1 aromatic rings. The lowest BCUT2D eigenvalue weighted by atomic mass is 9.82. The highest BCUT2D eigenvalue weighted by Gasteiger charge is 2.46. The summed E-state index contributed by atoms with van der Waals surface area (Å²) in [6, 6.07) is 4.55. The minimum absolute atomic E-state index is 0.166. The van der Waals surface area contributed by atoms with Gasteiger partial charge in [0, 0.05) is 5.56 Å². The van der Waals surface area contributed by atoms with E-state index in [1.165, 1.54) is 19.2 Å². The Morgan fingerprint density at radius 1 is 1.35 bits per heavy atom. The second-order valence-corrected chi connectivity index (χ2v) is 4.02. The third-order valence-corrected chi connectivity index (χ3v) is 2.99. The van der Waals surface area contributed by atoms with E-state index in [-0.39, 0.29) is 18.4 Å². The Kier molecular flexibility index (Phi) is 2.85. The molecular formula is C12H11F3O2. The first-order valence-electron chi connectivity index (χ1n) is 5.21. The van der Waals surface area contributed by atoms with E-state index in [2.05, 4.69) is 0 Å². The number of benzene rings is 1. The number of hydrogen-bond donors (Lipinski definition) is 0. The molecule has 0 saturated heterocycles. The molecule has 0 N–H and O–H groups in total. The van der Waals surface area contributed by atoms with Gasteiger partial charge >= 0.3 is 6.18 Å². The molecule has 0 bridgehead atoms. The Bertz CT molecular complexity index is 452. The first-order chi connectivity index (χ1) is 7.93. The maximum absolute atomic E-state index is 12.6. The van der Waals surface area contributed by atoms with Crippen LogP contribution in [0.1, 0.15) is 22.3 Å². The van der Waals surface area contributed by atoms with Crippen molar-refractivity contribution in [1.29, 1.82) is 0 Å². The van der Waals surface area contributed by atoms with E-state index in [1.807, 2.05) is 0 Å². The number of Topliss-reactive ketones (excluding diaryl/α,β-unsaturated/α-hetero) is 1. The van der Waals surface area contributed by atoms with Crippen LogP contribution in [0.2, 0.25) is 0 Å². The third-order valence-electron chi connectivity index (χ3n) is 2.99. The zero-order chi connectivity index (χ0) is 12.6. The molecule has 0 aromatic heterocycles. The number of rotatable bonds is 1. The Labute approximate surface area is 96.4 Å². The molecule has 1 unspecified atom stereocenters. The first-order valence-corrected chi connectivity index (χ1v) is 5.21. The molecule has 1 aliphatic rings.